The fraction of sp³-hybridized carbons (Fsp3) is 0.385. The maximum atomic E-state index is 13.6. The van der Waals surface area contributed by atoms with Gasteiger partial charge in [0.05, 0.1) is 17.4 Å². The summed E-state index contributed by atoms with van der Waals surface area (Å²) in [6, 6.07) is 2.71. The lowest BCUT2D eigenvalue weighted by Gasteiger charge is -2.34. The molecule has 1 unspecified atom stereocenters. The number of aromatic amines is 1. The largest absolute Gasteiger partial charge is 0.344 e. The van der Waals surface area contributed by atoms with Crippen LogP contribution in [0.4, 0.5) is 4.39 Å². The molecule has 1 amide bonds. The standard InChI is InChI=1S/C13H15FN4O/c1-8-6-15-2-3-18(8)13(19)10-4-9(14)5-11-12(10)17-7-16-11/h4-5,7-8,15H,2-3,6H2,1H3,(H,16,17). The number of fused-ring (bicyclic) bond motifs is 1. The van der Waals surface area contributed by atoms with Gasteiger partial charge in [0.2, 0.25) is 0 Å². The van der Waals surface area contributed by atoms with Crippen LogP contribution >= 0.6 is 0 Å². The Hall–Kier alpha value is -1.95. The van der Waals surface area contributed by atoms with Crippen LogP contribution in [0.15, 0.2) is 18.5 Å². The van der Waals surface area contributed by atoms with Crippen LogP contribution in [0.3, 0.4) is 0 Å². The van der Waals surface area contributed by atoms with Crippen molar-refractivity contribution >= 4 is 16.9 Å². The third-order valence-corrected chi connectivity index (χ3v) is 3.48. The Balaban J connectivity index is 2.03. The molecular formula is C13H15FN4O. The molecule has 19 heavy (non-hydrogen) atoms. The molecule has 1 fully saturated rings. The monoisotopic (exact) mass is 262 g/mol. The van der Waals surface area contributed by atoms with E-state index in [9.17, 15) is 9.18 Å². The van der Waals surface area contributed by atoms with Crippen LogP contribution in [-0.2, 0) is 0 Å². The highest BCUT2D eigenvalue weighted by atomic mass is 19.1. The molecule has 100 valence electrons. The number of imidazole rings is 1. The molecule has 0 radical (unpaired) electrons. The normalized spacial score (nSPS) is 19.9. The molecule has 1 aliphatic heterocycles. The number of nitrogens with one attached hydrogen (secondary N) is 2. The molecule has 2 heterocycles. The fourth-order valence-electron chi connectivity index (χ4n) is 2.48. The second-order valence-corrected chi connectivity index (χ2v) is 4.80. The summed E-state index contributed by atoms with van der Waals surface area (Å²) in [5.74, 6) is -0.589. The van der Waals surface area contributed by atoms with Gasteiger partial charge in [0.25, 0.3) is 5.91 Å². The van der Waals surface area contributed by atoms with Gasteiger partial charge < -0.3 is 15.2 Å². The number of hydrogen-bond acceptors (Lipinski definition) is 3. The average molecular weight is 262 g/mol. The molecule has 1 atom stereocenters. The maximum absolute atomic E-state index is 13.6. The van der Waals surface area contributed by atoms with Gasteiger partial charge in [-0.05, 0) is 19.1 Å². The minimum Gasteiger partial charge on any atom is -0.344 e. The Kier molecular flexibility index (Phi) is 2.94. The van der Waals surface area contributed by atoms with E-state index in [0.29, 0.717) is 23.1 Å². The number of piperazine rings is 1. The molecule has 0 spiro atoms. The Morgan fingerprint density at radius 1 is 1.53 bits per heavy atom. The topological polar surface area (TPSA) is 61.0 Å². The molecule has 3 rings (SSSR count). The van der Waals surface area contributed by atoms with E-state index >= 15 is 0 Å². The van der Waals surface area contributed by atoms with Gasteiger partial charge >= 0.3 is 0 Å². The summed E-state index contributed by atoms with van der Waals surface area (Å²) in [6.07, 6.45) is 1.47. The zero-order chi connectivity index (χ0) is 13.4. The molecule has 2 N–H and O–H groups in total. The number of carbonyl (C=O) groups excluding carboxylic acids is 1. The molecule has 2 aromatic rings. The van der Waals surface area contributed by atoms with Crippen LogP contribution in [0, 0.1) is 5.82 Å². The van der Waals surface area contributed by atoms with Crippen molar-refractivity contribution in [2.75, 3.05) is 19.6 Å². The van der Waals surface area contributed by atoms with Crippen molar-refractivity contribution in [2.45, 2.75) is 13.0 Å². The van der Waals surface area contributed by atoms with E-state index in [1.54, 1.807) is 4.90 Å². The number of benzene rings is 1. The third-order valence-electron chi connectivity index (χ3n) is 3.48. The summed E-state index contributed by atoms with van der Waals surface area (Å²) in [5.41, 5.74) is 1.40. The van der Waals surface area contributed by atoms with Crippen LogP contribution < -0.4 is 5.32 Å². The Morgan fingerprint density at radius 3 is 3.16 bits per heavy atom. The van der Waals surface area contributed by atoms with Gasteiger partial charge in [-0.25, -0.2) is 9.37 Å². The number of amides is 1. The number of nitrogens with zero attached hydrogens (tertiary/aromatic N) is 2. The number of aromatic nitrogens is 2. The molecule has 1 aliphatic rings. The molecule has 0 bridgehead atoms. The van der Waals surface area contributed by atoms with Crippen LogP contribution in [0.1, 0.15) is 17.3 Å². The summed E-state index contributed by atoms with van der Waals surface area (Å²) in [5, 5.41) is 3.22. The van der Waals surface area contributed by atoms with Crippen molar-refractivity contribution in [3.8, 4) is 0 Å². The molecule has 0 aliphatic carbocycles. The van der Waals surface area contributed by atoms with Gasteiger partial charge in [0.1, 0.15) is 11.3 Å². The number of carbonyl (C=O) groups is 1. The van der Waals surface area contributed by atoms with Gasteiger partial charge in [-0.15, -0.1) is 0 Å². The predicted molar refractivity (Wildman–Crippen MR) is 69.4 cm³/mol. The Labute approximate surface area is 109 Å². The smallest absolute Gasteiger partial charge is 0.256 e. The number of H-pyrrole nitrogens is 1. The van der Waals surface area contributed by atoms with E-state index in [1.165, 1.54) is 18.5 Å². The highest BCUT2D eigenvalue weighted by Gasteiger charge is 2.26. The Morgan fingerprint density at radius 2 is 2.37 bits per heavy atom. The van der Waals surface area contributed by atoms with E-state index in [-0.39, 0.29) is 11.9 Å². The van der Waals surface area contributed by atoms with Gasteiger partial charge in [-0.3, -0.25) is 4.79 Å². The van der Waals surface area contributed by atoms with Crippen molar-refractivity contribution in [1.82, 2.24) is 20.2 Å². The van der Waals surface area contributed by atoms with Crippen LogP contribution in [-0.4, -0.2) is 46.5 Å². The van der Waals surface area contributed by atoms with Gasteiger partial charge in [0.15, 0.2) is 0 Å². The van der Waals surface area contributed by atoms with E-state index < -0.39 is 5.82 Å². The van der Waals surface area contributed by atoms with Crippen molar-refractivity contribution in [3.05, 3.63) is 29.8 Å². The number of rotatable bonds is 1. The zero-order valence-corrected chi connectivity index (χ0v) is 10.6. The maximum Gasteiger partial charge on any atom is 0.256 e. The molecule has 1 aromatic carbocycles. The lowest BCUT2D eigenvalue weighted by Crippen LogP contribution is -2.52. The van der Waals surface area contributed by atoms with Gasteiger partial charge in [-0.2, -0.15) is 0 Å². The third kappa shape index (κ3) is 2.08. The summed E-state index contributed by atoms with van der Waals surface area (Å²) in [4.78, 5) is 21.3. The summed E-state index contributed by atoms with van der Waals surface area (Å²) < 4.78 is 13.6. The zero-order valence-electron chi connectivity index (χ0n) is 10.6. The van der Waals surface area contributed by atoms with Crippen molar-refractivity contribution in [1.29, 1.82) is 0 Å². The molecule has 0 saturated carbocycles. The van der Waals surface area contributed by atoms with Crippen molar-refractivity contribution < 1.29 is 9.18 Å². The molecule has 1 saturated heterocycles. The van der Waals surface area contributed by atoms with Gasteiger partial charge in [0, 0.05) is 25.7 Å². The minimum atomic E-state index is -0.428. The summed E-state index contributed by atoms with van der Waals surface area (Å²) in [7, 11) is 0. The highest BCUT2D eigenvalue weighted by molar-refractivity contribution is 6.05. The average Bonchev–Trinajstić information content (AvgIpc) is 2.85. The quantitative estimate of drug-likeness (QED) is 0.810. The lowest BCUT2D eigenvalue weighted by atomic mass is 10.1. The van der Waals surface area contributed by atoms with Crippen molar-refractivity contribution in [3.63, 3.8) is 0 Å². The summed E-state index contributed by atoms with van der Waals surface area (Å²) in [6.45, 7) is 4.12. The van der Waals surface area contributed by atoms with Crippen LogP contribution in [0.25, 0.3) is 11.0 Å². The second kappa shape index (κ2) is 4.62. The summed E-state index contributed by atoms with van der Waals surface area (Å²) >= 11 is 0. The van der Waals surface area contributed by atoms with E-state index in [1.807, 2.05) is 6.92 Å². The van der Waals surface area contributed by atoms with Crippen molar-refractivity contribution in [2.24, 2.45) is 0 Å². The highest BCUT2D eigenvalue weighted by Crippen LogP contribution is 2.20. The number of hydrogen-bond donors (Lipinski definition) is 2. The first kappa shape index (κ1) is 12.1. The van der Waals surface area contributed by atoms with E-state index in [2.05, 4.69) is 15.3 Å². The SMILES string of the molecule is CC1CNCCN1C(=O)c1cc(F)cc2[nH]cnc12. The van der Waals surface area contributed by atoms with Crippen LogP contribution in [0.2, 0.25) is 0 Å². The minimum absolute atomic E-state index is 0.0958. The van der Waals surface area contributed by atoms with Gasteiger partial charge in [-0.1, -0.05) is 0 Å². The van der Waals surface area contributed by atoms with Crippen LogP contribution in [0.5, 0.6) is 0 Å². The lowest BCUT2D eigenvalue weighted by molar-refractivity contribution is 0.0657. The fourth-order valence-corrected chi connectivity index (χ4v) is 2.48. The predicted octanol–water partition coefficient (Wildman–Crippen LogP) is 1.14. The molecular weight excluding hydrogens is 247 g/mol. The van der Waals surface area contributed by atoms with E-state index in [4.69, 9.17) is 0 Å². The second-order valence-electron chi connectivity index (χ2n) is 4.80. The molecule has 1 aromatic heterocycles. The molecule has 6 heteroatoms. The van der Waals surface area contributed by atoms with E-state index in [0.717, 1.165) is 13.1 Å². The Bertz CT molecular complexity index is 624. The number of halogens is 1. The first-order valence-corrected chi connectivity index (χ1v) is 6.31. The first-order valence-electron chi connectivity index (χ1n) is 6.31. The molecule has 5 nitrogen and oxygen atoms in total. The first-order chi connectivity index (χ1) is 9.16.